The summed E-state index contributed by atoms with van der Waals surface area (Å²) in [7, 11) is 0. The number of nitrogens with zero attached hydrogens (tertiary/aromatic N) is 1. The molecule has 62 valence electrons. The number of thioether (sulfide) groups is 1. The molecule has 0 amide bonds. The molecule has 1 unspecified atom stereocenters. The van der Waals surface area contributed by atoms with Gasteiger partial charge < -0.3 is 5.32 Å². The van der Waals surface area contributed by atoms with Gasteiger partial charge in [0.2, 0.25) is 0 Å². The standard InChI is InChI=1S/C8H14N2S/c1-2-9-8-10-5-7(11-8)6-3-4-6/h6-7H,2-5H2,1H3,(H,9,10). The Balaban J connectivity index is 1.79. The van der Waals surface area contributed by atoms with Gasteiger partial charge in [-0.25, -0.2) is 0 Å². The van der Waals surface area contributed by atoms with Crippen LogP contribution in [0, 0.1) is 5.92 Å². The fourth-order valence-corrected chi connectivity index (χ4v) is 2.63. The Morgan fingerprint density at radius 2 is 2.45 bits per heavy atom. The maximum atomic E-state index is 4.44. The van der Waals surface area contributed by atoms with Gasteiger partial charge in [-0.05, 0) is 25.7 Å². The van der Waals surface area contributed by atoms with Crippen LogP contribution in [0.1, 0.15) is 19.8 Å². The molecule has 2 nitrogen and oxygen atoms in total. The van der Waals surface area contributed by atoms with Gasteiger partial charge in [0.05, 0.1) is 6.54 Å². The van der Waals surface area contributed by atoms with E-state index in [0.29, 0.717) is 0 Å². The van der Waals surface area contributed by atoms with E-state index in [1.165, 1.54) is 18.0 Å². The fourth-order valence-electron chi connectivity index (χ4n) is 1.35. The molecule has 0 aromatic carbocycles. The van der Waals surface area contributed by atoms with E-state index in [-0.39, 0.29) is 0 Å². The lowest BCUT2D eigenvalue weighted by atomic mass is 10.3. The number of amidine groups is 1. The fraction of sp³-hybridized carbons (Fsp3) is 0.875. The predicted molar refractivity (Wildman–Crippen MR) is 50.1 cm³/mol. The zero-order chi connectivity index (χ0) is 7.68. The molecule has 11 heavy (non-hydrogen) atoms. The van der Waals surface area contributed by atoms with Crippen molar-refractivity contribution >= 4 is 16.9 Å². The molecule has 1 saturated carbocycles. The summed E-state index contributed by atoms with van der Waals surface area (Å²) >= 11 is 1.94. The number of aliphatic imine (C=N–C) groups is 1. The Labute approximate surface area is 71.9 Å². The van der Waals surface area contributed by atoms with Crippen LogP contribution in [0.3, 0.4) is 0 Å². The molecule has 0 aromatic rings. The van der Waals surface area contributed by atoms with Gasteiger partial charge in [0.25, 0.3) is 0 Å². The molecule has 0 spiro atoms. The van der Waals surface area contributed by atoms with Crippen LogP contribution in [0.25, 0.3) is 0 Å². The number of hydrogen-bond acceptors (Lipinski definition) is 3. The topological polar surface area (TPSA) is 24.4 Å². The van der Waals surface area contributed by atoms with Crippen molar-refractivity contribution in [1.82, 2.24) is 5.32 Å². The average molecular weight is 170 g/mol. The minimum atomic E-state index is 0.809. The van der Waals surface area contributed by atoms with Gasteiger partial charge in [-0.3, -0.25) is 4.99 Å². The second kappa shape index (κ2) is 3.05. The molecule has 2 rings (SSSR count). The molecule has 1 fully saturated rings. The Kier molecular flexibility index (Phi) is 2.07. The van der Waals surface area contributed by atoms with E-state index in [1.807, 2.05) is 11.8 Å². The Morgan fingerprint density at radius 3 is 3.09 bits per heavy atom. The van der Waals surface area contributed by atoms with Crippen LogP contribution in [-0.2, 0) is 0 Å². The molecular formula is C8H14N2S. The summed E-state index contributed by atoms with van der Waals surface area (Å²) in [5.41, 5.74) is 0. The summed E-state index contributed by atoms with van der Waals surface area (Å²) < 4.78 is 0. The van der Waals surface area contributed by atoms with Gasteiger partial charge in [-0.1, -0.05) is 11.8 Å². The highest BCUT2D eigenvalue weighted by Crippen LogP contribution is 2.41. The largest absolute Gasteiger partial charge is 0.365 e. The number of hydrogen-bond donors (Lipinski definition) is 1. The maximum absolute atomic E-state index is 4.44. The van der Waals surface area contributed by atoms with E-state index < -0.39 is 0 Å². The number of nitrogens with one attached hydrogen (secondary N) is 1. The van der Waals surface area contributed by atoms with Gasteiger partial charge in [0.1, 0.15) is 0 Å². The zero-order valence-corrected chi connectivity index (χ0v) is 7.66. The summed E-state index contributed by atoms with van der Waals surface area (Å²) in [6.45, 7) is 4.18. The van der Waals surface area contributed by atoms with Crippen molar-refractivity contribution < 1.29 is 0 Å². The predicted octanol–water partition coefficient (Wildman–Crippen LogP) is 1.48. The van der Waals surface area contributed by atoms with Crippen LogP contribution in [0.15, 0.2) is 4.99 Å². The van der Waals surface area contributed by atoms with Crippen molar-refractivity contribution in [3.05, 3.63) is 0 Å². The van der Waals surface area contributed by atoms with E-state index in [9.17, 15) is 0 Å². The van der Waals surface area contributed by atoms with Crippen molar-refractivity contribution in [1.29, 1.82) is 0 Å². The first-order valence-corrected chi connectivity index (χ1v) is 5.23. The van der Waals surface area contributed by atoms with Gasteiger partial charge in [0.15, 0.2) is 5.17 Å². The second-order valence-corrected chi connectivity index (χ2v) is 4.40. The highest BCUT2D eigenvalue weighted by Gasteiger charge is 2.34. The van der Waals surface area contributed by atoms with E-state index >= 15 is 0 Å². The van der Waals surface area contributed by atoms with Gasteiger partial charge >= 0.3 is 0 Å². The zero-order valence-electron chi connectivity index (χ0n) is 6.84. The molecule has 1 heterocycles. The molecule has 0 radical (unpaired) electrons. The van der Waals surface area contributed by atoms with Gasteiger partial charge in [-0.15, -0.1) is 0 Å². The smallest absolute Gasteiger partial charge is 0.156 e. The third-order valence-electron chi connectivity index (χ3n) is 2.15. The SMILES string of the molecule is CCNC1=NCC(C2CC2)S1. The van der Waals surface area contributed by atoms with Gasteiger partial charge in [0, 0.05) is 11.8 Å². The third kappa shape index (κ3) is 1.70. The first-order chi connectivity index (χ1) is 5.40. The van der Waals surface area contributed by atoms with Gasteiger partial charge in [-0.2, -0.15) is 0 Å². The molecule has 2 aliphatic rings. The lowest BCUT2D eigenvalue weighted by Gasteiger charge is -2.05. The van der Waals surface area contributed by atoms with Crippen LogP contribution in [0.2, 0.25) is 0 Å². The number of rotatable bonds is 2. The highest BCUT2D eigenvalue weighted by atomic mass is 32.2. The minimum absolute atomic E-state index is 0.809. The minimum Gasteiger partial charge on any atom is -0.365 e. The van der Waals surface area contributed by atoms with E-state index in [4.69, 9.17) is 0 Å². The summed E-state index contributed by atoms with van der Waals surface area (Å²) in [6.07, 6.45) is 2.87. The van der Waals surface area contributed by atoms with Crippen LogP contribution in [0.4, 0.5) is 0 Å². The molecule has 1 aliphatic heterocycles. The second-order valence-electron chi connectivity index (χ2n) is 3.17. The Hall–Kier alpha value is -0.180. The van der Waals surface area contributed by atoms with Crippen molar-refractivity contribution in [2.75, 3.05) is 13.1 Å². The van der Waals surface area contributed by atoms with Crippen LogP contribution in [0.5, 0.6) is 0 Å². The van der Waals surface area contributed by atoms with Crippen molar-refractivity contribution in [2.45, 2.75) is 25.0 Å². The Bertz CT molecular complexity index is 175. The molecule has 0 aromatic heterocycles. The lowest BCUT2D eigenvalue weighted by Crippen LogP contribution is -2.18. The summed E-state index contributed by atoms with van der Waals surface area (Å²) in [5.74, 6) is 0.986. The molecule has 1 atom stereocenters. The Morgan fingerprint density at radius 1 is 1.64 bits per heavy atom. The molecule has 1 aliphatic carbocycles. The van der Waals surface area contributed by atoms with Crippen molar-refractivity contribution in [3.63, 3.8) is 0 Å². The first-order valence-electron chi connectivity index (χ1n) is 4.35. The molecule has 1 N–H and O–H groups in total. The van der Waals surface area contributed by atoms with Crippen molar-refractivity contribution in [3.8, 4) is 0 Å². The first kappa shape index (κ1) is 7.47. The molecule has 0 saturated heterocycles. The van der Waals surface area contributed by atoms with Crippen LogP contribution >= 0.6 is 11.8 Å². The van der Waals surface area contributed by atoms with Crippen LogP contribution in [-0.4, -0.2) is 23.5 Å². The summed E-state index contributed by atoms with van der Waals surface area (Å²) in [4.78, 5) is 4.44. The van der Waals surface area contributed by atoms with E-state index in [0.717, 1.165) is 24.3 Å². The third-order valence-corrected chi connectivity index (χ3v) is 3.49. The van der Waals surface area contributed by atoms with E-state index in [1.54, 1.807) is 0 Å². The monoisotopic (exact) mass is 170 g/mol. The average Bonchev–Trinajstić information content (AvgIpc) is 2.75. The molecular weight excluding hydrogens is 156 g/mol. The molecule has 3 heteroatoms. The molecule has 0 bridgehead atoms. The van der Waals surface area contributed by atoms with Crippen LogP contribution < -0.4 is 5.32 Å². The highest BCUT2D eigenvalue weighted by molar-refractivity contribution is 8.14. The summed E-state index contributed by atoms with van der Waals surface area (Å²) in [5, 5.41) is 5.25. The quantitative estimate of drug-likeness (QED) is 0.679. The maximum Gasteiger partial charge on any atom is 0.156 e. The van der Waals surface area contributed by atoms with E-state index in [2.05, 4.69) is 17.2 Å². The normalized spacial score (nSPS) is 30.3. The summed E-state index contributed by atoms with van der Waals surface area (Å²) in [6, 6.07) is 0. The van der Waals surface area contributed by atoms with Crippen molar-refractivity contribution in [2.24, 2.45) is 10.9 Å². The lowest BCUT2D eigenvalue weighted by molar-refractivity contribution is 0.772.